The van der Waals surface area contributed by atoms with Crippen molar-refractivity contribution in [2.45, 2.75) is 19.5 Å². The smallest absolute Gasteiger partial charge is 0.138 e. The molecule has 2 aromatic rings. The number of benzene rings is 2. The van der Waals surface area contributed by atoms with Crippen molar-refractivity contribution >= 4 is 27.5 Å². The van der Waals surface area contributed by atoms with Crippen LogP contribution in [0.1, 0.15) is 24.1 Å². The fraction of sp³-hybridized carbons (Fsp3) is 0.200. The predicted octanol–water partition coefficient (Wildman–Crippen LogP) is 4.66. The Morgan fingerprint density at radius 3 is 2.74 bits per heavy atom. The van der Waals surface area contributed by atoms with Crippen molar-refractivity contribution < 1.29 is 5.11 Å². The molecule has 2 rings (SSSR count). The largest absolute Gasteiger partial charge is 0.506 e. The van der Waals surface area contributed by atoms with Crippen molar-refractivity contribution in [1.29, 1.82) is 0 Å². The van der Waals surface area contributed by atoms with Crippen LogP contribution in [0, 0.1) is 0 Å². The molecule has 0 aliphatic carbocycles. The lowest BCUT2D eigenvalue weighted by Gasteiger charge is -2.15. The minimum absolute atomic E-state index is 0.151. The fourth-order valence-corrected chi connectivity index (χ4v) is 2.47. The molecule has 0 saturated heterocycles. The Balaban J connectivity index is 2.04. The number of para-hydroxylation sites is 1. The zero-order valence-corrected chi connectivity index (χ0v) is 12.9. The monoisotopic (exact) mass is 339 g/mol. The second-order valence-corrected chi connectivity index (χ2v) is 5.73. The van der Waals surface area contributed by atoms with Gasteiger partial charge in [0.15, 0.2) is 0 Å². The normalized spacial score (nSPS) is 12.4. The highest BCUT2D eigenvalue weighted by molar-refractivity contribution is 9.10. The maximum atomic E-state index is 9.85. The number of phenols is 1. The van der Waals surface area contributed by atoms with Crippen LogP contribution in [0.5, 0.6) is 5.75 Å². The third-order valence-corrected chi connectivity index (χ3v) is 3.82. The van der Waals surface area contributed by atoms with Gasteiger partial charge in [-0.3, -0.25) is 0 Å². The third kappa shape index (κ3) is 3.72. The van der Waals surface area contributed by atoms with Crippen molar-refractivity contribution in [3.8, 4) is 5.75 Å². The molecule has 0 aliphatic heterocycles. The molecule has 0 heterocycles. The molecule has 2 aromatic carbocycles. The SMILES string of the molecule is C[C@@H](NCc1cccc(Cl)c1O)c1cccc(Br)c1. The summed E-state index contributed by atoms with van der Waals surface area (Å²) in [6, 6.07) is 13.7. The average molecular weight is 341 g/mol. The molecule has 0 bridgehead atoms. The first-order valence-electron chi connectivity index (χ1n) is 6.03. The van der Waals surface area contributed by atoms with Gasteiger partial charge in [-0.25, -0.2) is 0 Å². The van der Waals surface area contributed by atoms with Gasteiger partial charge in [0.25, 0.3) is 0 Å². The van der Waals surface area contributed by atoms with Gasteiger partial charge in [-0.2, -0.15) is 0 Å². The number of rotatable bonds is 4. The summed E-state index contributed by atoms with van der Waals surface area (Å²) < 4.78 is 1.06. The molecule has 0 amide bonds. The number of nitrogens with one attached hydrogen (secondary N) is 1. The molecule has 19 heavy (non-hydrogen) atoms. The van der Waals surface area contributed by atoms with Gasteiger partial charge < -0.3 is 10.4 Å². The number of hydrogen-bond acceptors (Lipinski definition) is 2. The molecule has 0 spiro atoms. The van der Waals surface area contributed by atoms with Crippen LogP contribution in [0.2, 0.25) is 5.02 Å². The van der Waals surface area contributed by atoms with E-state index >= 15 is 0 Å². The van der Waals surface area contributed by atoms with Crippen molar-refractivity contribution in [1.82, 2.24) is 5.32 Å². The summed E-state index contributed by atoms with van der Waals surface area (Å²) in [7, 11) is 0. The highest BCUT2D eigenvalue weighted by atomic mass is 79.9. The predicted molar refractivity (Wildman–Crippen MR) is 82.5 cm³/mol. The second kappa shape index (κ2) is 6.42. The summed E-state index contributed by atoms with van der Waals surface area (Å²) in [5.74, 6) is 0.151. The number of halogens is 2. The van der Waals surface area contributed by atoms with Crippen molar-refractivity contribution in [2.24, 2.45) is 0 Å². The van der Waals surface area contributed by atoms with Gasteiger partial charge in [0.2, 0.25) is 0 Å². The Morgan fingerprint density at radius 1 is 1.26 bits per heavy atom. The van der Waals surface area contributed by atoms with Gasteiger partial charge in [0, 0.05) is 22.6 Å². The van der Waals surface area contributed by atoms with E-state index in [0.717, 1.165) is 10.0 Å². The van der Waals surface area contributed by atoms with Gasteiger partial charge in [0.1, 0.15) is 5.75 Å². The minimum Gasteiger partial charge on any atom is -0.506 e. The first-order valence-corrected chi connectivity index (χ1v) is 7.20. The molecular weight excluding hydrogens is 326 g/mol. The van der Waals surface area contributed by atoms with Crippen LogP contribution in [0.15, 0.2) is 46.9 Å². The van der Waals surface area contributed by atoms with E-state index in [1.54, 1.807) is 6.07 Å². The third-order valence-electron chi connectivity index (χ3n) is 3.02. The molecule has 2 nitrogen and oxygen atoms in total. The summed E-state index contributed by atoms with van der Waals surface area (Å²) in [4.78, 5) is 0. The molecule has 100 valence electrons. The maximum Gasteiger partial charge on any atom is 0.138 e. The topological polar surface area (TPSA) is 32.3 Å². The summed E-state index contributed by atoms with van der Waals surface area (Å²) in [5.41, 5.74) is 1.99. The molecule has 0 aliphatic rings. The van der Waals surface area contributed by atoms with Crippen LogP contribution in [0.4, 0.5) is 0 Å². The van der Waals surface area contributed by atoms with E-state index in [-0.39, 0.29) is 11.8 Å². The fourth-order valence-electron chi connectivity index (χ4n) is 1.86. The highest BCUT2D eigenvalue weighted by Gasteiger charge is 2.08. The van der Waals surface area contributed by atoms with Gasteiger partial charge in [0.05, 0.1) is 5.02 Å². The molecule has 2 N–H and O–H groups in total. The number of aromatic hydroxyl groups is 1. The molecular formula is C15H15BrClNO. The van der Waals surface area contributed by atoms with E-state index in [4.69, 9.17) is 11.6 Å². The summed E-state index contributed by atoms with van der Waals surface area (Å²) >= 11 is 9.35. The van der Waals surface area contributed by atoms with Crippen LogP contribution in [0.3, 0.4) is 0 Å². The van der Waals surface area contributed by atoms with E-state index in [1.807, 2.05) is 24.3 Å². The summed E-state index contributed by atoms with van der Waals surface area (Å²) in [5, 5.41) is 13.6. The quantitative estimate of drug-likeness (QED) is 0.848. The Morgan fingerprint density at radius 2 is 2.00 bits per heavy atom. The molecule has 1 atom stereocenters. The second-order valence-electron chi connectivity index (χ2n) is 4.41. The van der Waals surface area contributed by atoms with E-state index in [9.17, 15) is 5.11 Å². The number of phenolic OH excluding ortho intramolecular Hbond substituents is 1. The minimum atomic E-state index is 0.151. The van der Waals surface area contributed by atoms with Gasteiger partial charge in [-0.05, 0) is 30.7 Å². The molecule has 0 aromatic heterocycles. The molecule has 0 fully saturated rings. The first-order chi connectivity index (χ1) is 9.08. The van der Waals surface area contributed by atoms with E-state index in [0.29, 0.717) is 11.6 Å². The van der Waals surface area contributed by atoms with E-state index in [2.05, 4.69) is 40.3 Å². The Hall–Kier alpha value is -1.03. The zero-order chi connectivity index (χ0) is 13.8. The Bertz CT molecular complexity index is 574. The van der Waals surface area contributed by atoms with E-state index < -0.39 is 0 Å². The Labute approximate surface area is 126 Å². The number of hydrogen-bond donors (Lipinski definition) is 2. The van der Waals surface area contributed by atoms with Crippen LogP contribution in [-0.2, 0) is 6.54 Å². The van der Waals surface area contributed by atoms with Crippen molar-refractivity contribution in [3.63, 3.8) is 0 Å². The first kappa shape index (κ1) is 14.4. The molecule has 0 unspecified atom stereocenters. The highest BCUT2D eigenvalue weighted by Crippen LogP contribution is 2.27. The van der Waals surface area contributed by atoms with Gasteiger partial charge >= 0.3 is 0 Å². The van der Waals surface area contributed by atoms with E-state index in [1.165, 1.54) is 5.56 Å². The lowest BCUT2D eigenvalue weighted by atomic mass is 10.1. The van der Waals surface area contributed by atoms with Crippen LogP contribution >= 0.6 is 27.5 Å². The van der Waals surface area contributed by atoms with Crippen LogP contribution < -0.4 is 5.32 Å². The lowest BCUT2D eigenvalue weighted by molar-refractivity contribution is 0.460. The lowest BCUT2D eigenvalue weighted by Crippen LogP contribution is -2.18. The maximum absolute atomic E-state index is 9.85. The molecule has 0 radical (unpaired) electrons. The summed E-state index contributed by atoms with van der Waals surface area (Å²) in [6.07, 6.45) is 0. The molecule has 4 heteroatoms. The van der Waals surface area contributed by atoms with Gasteiger partial charge in [-0.1, -0.05) is 51.8 Å². The average Bonchev–Trinajstić information content (AvgIpc) is 2.40. The van der Waals surface area contributed by atoms with Crippen LogP contribution in [-0.4, -0.2) is 5.11 Å². The van der Waals surface area contributed by atoms with Crippen molar-refractivity contribution in [2.75, 3.05) is 0 Å². The molecule has 0 saturated carbocycles. The standard InChI is InChI=1S/C15H15BrClNO/c1-10(11-4-2-6-13(16)8-11)18-9-12-5-3-7-14(17)15(12)19/h2-8,10,18-19H,9H2,1H3/t10-/m1/s1. The summed E-state index contributed by atoms with van der Waals surface area (Å²) in [6.45, 7) is 2.66. The Kier molecular flexibility index (Phi) is 4.86. The van der Waals surface area contributed by atoms with Gasteiger partial charge in [-0.15, -0.1) is 0 Å². The zero-order valence-electron chi connectivity index (χ0n) is 10.5. The van der Waals surface area contributed by atoms with Crippen LogP contribution in [0.25, 0.3) is 0 Å². The van der Waals surface area contributed by atoms with Crippen molar-refractivity contribution in [3.05, 3.63) is 63.1 Å².